The molecule has 0 N–H and O–H groups in total. The predicted octanol–water partition coefficient (Wildman–Crippen LogP) is 4.50. The second-order valence-corrected chi connectivity index (χ2v) is 8.72. The van der Waals surface area contributed by atoms with E-state index in [2.05, 4.69) is 0 Å². The molecule has 1 aliphatic rings. The fraction of sp³-hybridized carbons (Fsp3) is 0.214. The van der Waals surface area contributed by atoms with Crippen LogP contribution in [0, 0.1) is 0 Å². The van der Waals surface area contributed by atoms with Gasteiger partial charge in [-0.15, -0.1) is 0 Å². The molecule has 3 aromatic carbocycles. The molecule has 0 saturated carbocycles. The van der Waals surface area contributed by atoms with Gasteiger partial charge in [0.1, 0.15) is 11.8 Å². The number of nitrogens with zero attached hydrogens (tertiary/aromatic N) is 2. The number of imide groups is 1. The topological polar surface area (TPSA) is 93.2 Å². The summed E-state index contributed by atoms with van der Waals surface area (Å²) in [6, 6.07) is 18.6. The van der Waals surface area contributed by atoms with Gasteiger partial charge in [-0.1, -0.05) is 35.9 Å². The van der Waals surface area contributed by atoms with Crippen molar-refractivity contribution >= 4 is 41.0 Å². The summed E-state index contributed by atoms with van der Waals surface area (Å²) >= 11 is 6.37. The molecule has 8 nitrogen and oxygen atoms in total. The number of anilines is 1. The van der Waals surface area contributed by atoms with Crippen LogP contribution in [-0.2, 0) is 20.9 Å². The van der Waals surface area contributed by atoms with Crippen molar-refractivity contribution in [1.82, 2.24) is 4.90 Å². The maximum atomic E-state index is 13.7. The second-order valence-electron chi connectivity index (χ2n) is 8.31. The van der Waals surface area contributed by atoms with Crippen LogP contribution in [0.2, 0.25) is 5.02 Å². The molecule has 9 heteroatoms. The largest absolute Gasteiger partial charge is 0.497 e. The zero-order valence-electron chi connectivity index (χ0n) is 20.3. The Bertz CT molecular complexity index is 1340. The van der Waals surface area contributed by atoms with Crippen molar-refractivity contribution in [1.29, 1.82) is 0 Å². The van der Waals surface area contributed by atoms with Gasteiger partial charge in [0.05, 0.1) is 31.4 Å². The highest BCUT2D eigenvalue weighted by Crippen LogP contribution is 2.30. The first-order valence-corrected chi connectivity index (χ1v) is 12.0. The van der Waals surface area contributed by atoms with Crippen molar-refractivity contribution in [2.45, 2.75) is 25.9 Å². The molecule has 1 fully saturated rings. The third kappa shape index (κ3) is 5.49. The van der Waals surface area contributed by atoms with Crippen molar-refractivity contribution in [3.63, 3.8) is 0 Å². The Kier molecular flexibility index (Phi) is 7.89. The van der Waals surface area contributed by atoms with Crippen LogP contribution < -0.4 is 9.64 Å². The number of carbonyl (C=O) groups excluding carboxylic acids is 4. The Labute approximate surface area is 219 Å². The minimum absolute atomic E-state index is 0.0229. The smallest absolute Gasteiger partial charge is 0.338 e. The Morgan fingerprint density at radius 1 is 1.00 bits per heavy atom. The highest BCUT2D eigenvalue weighted by atomic mass is 35.5. The van der Waals surface area contributed by atoms with E-state index >= 15 is 0 Å². The normalized spacial score (nSPS) is 15.0. The molecule has 1 unspecified atom stereocenters. The molecular weight excluding hydrogens is 496 g/mol. The molecule has 1 aliphatic heterocycles. The number of esters is 1. The number of hydrogen-bond acceptors (Lipinski definition) is 6. The van der Waals surface area contributed by atoms with Crippen LogP contribution in [0.25, 0.3) is 0 Å². The third-order valence-corrected chi connectivity index (χ3v) is 6.38. The van der Waals surface area contributed by atoms with Crippen LogP contribution in [0.15, 0.2) is 72.8 Å². The molecule has 0 spiro atoms. The molecule has 0 aliphatic carbocycles. The standard InChI is InChI=1S/C28H25ClN2O6/c1-3-37-28(35)18-11-13-21(14-12-18)31-25(32)16-24(27(31)34)30(17-20-7-4-5-10-23(20)29)26(33)19-8-6-9-22(15-19)36-2/h4-15,24H,3,16-17H2,1-2H3. The van der Waals surface area contributed by atoms with E-state index in [1.165, 1.54) is 36.3 Å². The maximum absolute atomic E-state index is 13.7. The average molecular weight is 521 g/mol. The van der Waals surface area contributed by atoms with E-state index in [4.69, 9.17) is 21.1 Å². The van der Waals surface area contributed by atoms with Crippen LogP contribution >= 0.6 is 11.6 Å². The van der Waals surface area contributed by atoms with Gasteiger partial charge in [-0.2, -0.15) is 0 Å². The fourth-order valence-electron chi connectivity index (χ4n) is 4.15. The summed E-state index contributed by atoms with van der Waals surface area (Å²) in [5.74, 6) is -1.45. The number of hydrogen-bond donors (Lipinski definition) is 0. The van der Waals surface area contributed by atoms with Crippen LogP contribution in [0.1, 0.15) is 39.6 Å². The zero-order valence-corrected chi connectivity index (χ0v) is 21.1. The van der Waals surface area contributed by atoms with E-state index in [1.54, 1.807) is 55.5 Å². The number of halogens is 1. The van der Waals surface area contributed by atoms with Crippen molar-refractivity contribution in [3.8, 4) is 5.75 Å². The first-order valence-electron chi connectivity index (χ1n) is 11.7. The Hall–Kier alpha value is -4.17. The van der Waals surface area contributed by atoms with E-state index in [1.807, 2.05) is 0 Å². The Balaban J connectivity index is 1.66. The van der Waals surface area contributed by atoms with Gasteiger partial charge in [0, 0.05) is 17.1 Å². The molecule has 190 valence electrons. The minimum Gasteiger partial charge on any atom is -0.497 e. The second kappa shape index (κ2) is 11.3. The van der Waals surface area contributed by atoms with E-state index in [9.17, 15) is 19.2 Å². The lowest BCUT2D eigenvalue weighted by atomic mass is 10.1. The number of benzene rings is 3. The number of carbonyl (C=O) groups is 4. The van der Waals surface area contributed by atoms with Gasteiger partial charge in [-0.25, -0.2) is 9.69 Å². The van der Waals surface area contributed by atoms with Gasteiger partial charge >= 0.3 is 5.97 Å². The van der Waals surface area contributed by atoms with Gasteiger partial charge < -0.3 is 14.4 Å². The highest BCUT2D eigenvalue weighted by molar-refractivity contribution is 6.31. The molecule has 0 bridgehead atoms. The predicted molar refractivity (Wildman–Crippen MR) is 138 cm³/mol. The zero-order chi connectivity index (χ0) is 26.5. The summed E-state index contributed by atoms with van der Waals surface area (Å²) in [7, 11) is 1.50. The van der Waals surface area contributed by atoms with Crippen LogP contribution in [-0.4, -0.2) is 48.3 Å². The molecule has 1 saturated heterocycles. The van der Waals surface area contributed by atoms with Crippen molar-refractivity contribution in [2.75, 3.05) is 18.6 Å². The molecule has 37 heavy (non-hydrogen) atoms. The van der Waals surface area contributed by atoms with E-state index in [-0.39, 0.29) is 19.6 Å². The minimum atomic E-state index is -1.05. The van der Waals surface area contributed by atoms with Crippen molar-refractivity contribution < 1.29 is 28.7 Å². The van der Waals surface area contributed by atoms with Crippen LogP contribution in [0.5, 0.6) is 5.75 Å². The van der Waals surface area contributed by atoms with Gasteiger partial charge in [0.25, 0.3) is 11.8 Å². The van der Waals surface area contributed by atoms with Gasteiger partial charge in [-0.3, -0.25) is 14.4 Å². The highest BCUT2D eigenvalue weighted by Gasteiger charge is 2.44. The third-order valence-electron chi connectivity index (χ3n) is 6.01. The van der Waals surface area contributed by atoms with E-state index in [0.717, 1.165) is 4.90 Å². The van der Waals surface area contributed by atoms with E-state index in [0.29, 0.717) is 33.1 Å². The maximum Gasteiger partial charge on any atom is 0.338 e. The summed E-state index contributed by atoms with van der Waals surface area (Å²) in [6.07, 6.45) is -0.196. The van der Waals surface area contributed by atoms with Crippen LogP contribution in [0.4, 0.5) is 5.69 Å². The summed E-state index contributed by atoms with van der Waals surface area (Å²) in [6.45, 7) is 1.96. The number of ether oxygens (including phenoxy) is 2. The Morgan fingerprint density at radius 3 is 2.41 bits per heavy atom. The molecule has 3 amide bonds. The summed E-state index contributed by atoms with van der Waals surface area (Å²) in [4.78, 5) is 54.7. The monoisotopic (exact) mass is 520 g/mol. The lowest BCUT2D eigenvalue weighted by molar-refractivity contribution is -0.122. The number of rotatable bonds is 8. The summed E-state index contributed by atoms with van der Waals surface area (Å²) < 4.78 is 10.2. The molecule has 0 aromatic heterocycles. The SMILES string of the molecule is CCOC(=O)c1ccc(N2C(=O)CC(N(Cc3ccccc3Cl)C(=O)c3cccc(OC)c3)C2=O)cc1. The average Bonchev–Trinajstić information content (AvgIpc) is 3.21. The Morgan fingerprint density at radius 2 is 1.73 bits per heavy atom. The first-order chi connectivity index (χ1) is 17.8. The van der Waals surface area contributed by atoms with Crippen molar-refractivity contribution in [3.05, 3.63) is 94.5 Å². The number of methoxy groups -OCH3 is 1. The molecular formula is C28H25ClN2O6. The molecule has 1 atom stereocenters. The van der Waals surface area contributed by atoms with Gasteiger partial charge in [0.2, 0.25) is 5.91 Å². The lowest BCUT2D eigenvalue weighted by Crippen LogP contribution is -2.45. The number of amides is 3. The molecule has 3 aromatic rings. The van der Waals surface area contributed by atoms with Gasteiger partial charge in [0.15, 0.2) is 0 Å². The van der Waals surface area contributed by atoms with Crippen molar-refractivity contribution in [2.24, 2.45) is 0 Å². The van der Waals surface area contributed by atoms with Gasteiger partial charge in [-0.05, 0) is 61.0 Å². The summed E-state index contributed by atoms with van der Waals surface area (Å²) in [5.41, 5.74) is 1.55. The molecule has 1 heterocycles. The van der Waals surface area contributed by atoms with E-state index < -0.39 is 29.7 Å². The lowest BCUT2D eigenvalue weighted by Gasteiger charge is -2.28. The quantitative estimate of drug-likeness (QED) is 0.321. The fourth-order valence-corrected chi connectivity index (χ4v) is 4.34. The van der Waals surface area contributed by atoms with Crippen LogP contribution in [0.3, 0.4) is 0 Å². The summed E-state index contributed by atoms with van der Waals surface area (Å²) in [5, 5.41) is 0.439. The molecule has 0 radical (unpaired) electrons. The first kappa shape index (κ1) is 25.9. The molecule has 4 rings (SSSR count).